The van der Waals surface area contributed by atoms with Gasteiger partial charge in [0, 0.05) is 5.69 Å². The molecule has 0 saturated heterocycles. The van der Waals surface area contributed by atoms with Crippen LogP contribution in [0.1, 0.15) is 12.5 Å². The van der Waals surface area contributed by atoms with Crippen LogP contribution in [0.15, 0.2) is 18.2 Å². The van der Waals surface area contributed by atoms with E-state index in [0.29, 0.717) is 11.3 Å². The van der Waals surface area contributed by atoms with Crippen molar-refractivity contribution in [3.8, 4) is 5.75 Å². The molecule has 0 radical (unpaired) electrons. The van der Waals surface area contributed by atoms with Crippen LogP contribution >= 0.6 is 12.2 Å². The zero-order chi connectivity index (χ0) is 13.0. The van der Waals surface area contributed by atoms with Crippen LogP contribution in [-0.4, -0.2) is 29.2 Å². The molecule has 0 aliphatic heterocycles. The highest BCUT2D eigenvalue weighted by atomic mass is 32.1. The Morgan fingerprint density at radius 2 is 2.24 bits per heavy atom. The molecule has 5 nitrogen and oxygen atoms in total. The number of benzene rings is 1. The van der Waals surface area contributed by atoms with Gasteiger partial charge in [-0.1, -0.05) is 12.2 Å². The molecule has 17 heavy (non-hydrogen) atoms. The quantitative estimate of drug-likeness (QED) is 0.320. The number of hydrogen-bond donors (Lipinski definition) is 3. The summed E-state index contributed by atoms with van der Waals surface area (Å²) in [5, 5.41) is 12.4. The maximum atomic E-state index is 11.2. The average Bonchev–Trinajstić information content (AvgIpc) is 2.30. The van der Waals surface area contributed by atoms with Gasteiger partial charge < -0.3 is 20.9 Å². The van der Waals surface area contributed by atoms with Crippen molar-refractivity contribution in [2.45, 2.75) is 13.0 Å². The van der Waals surface area contributed by atoms with Crippen LogP contribution in [0.2, 0.25) is 0 Å². The molecule has 4 N–H and O–H groups in total. The average molecular weight is 254 g/mol. The lowest BCUT2D eigenvalue weighted by molar-refractivity contribution is -0.142. The number of anilines is 1. The van der Waals surface area contributed by atoms with E-state index in [4.69, 9.17) is 18.0 Å². The maximum Gasteiger partial charge on any atom is 0.328 e. The fourth-order valence-electron chi connectivity index (χ4n) is 1.25. The molecular weight excluding hydrogens is 240 g/mol. The Morgan fingerprint density at radius 1 is 1.59 bits per heavy atom. The Morgan fingerprint density at radius 3 is 2.82 bits per heavy atom. The topological polar surface area (TPSA) is 84.6 Å². The lowest BCUT2D eigenvalue weighted by atomic mass is 10.1. The second-order valence-electron chi connectivity index (χ2n) is 3.49. The molecule has 1 rings (SSSR count). The van der Waals surface area contributed by atoms with Crippen molar-refractivity contribution in [3.63, 3.8) is 0 Å². The Balaban J connectivity index is 2.83. The van der Waals surface area contributed by atoms with Crippen LogP contribution in [-0.2, 0) is 9.53 Å². The first-order valence-corrected chi connectivity index (χ1v) is 5.33. The van der Waals surface area contributed by atoms with Gasteiger partial charge in [-0.15, -0.1) is 0 Å². The number of esters is 1. The number of ether oxygens (including phenoxy) is 1. The summed E-state index contributed by atoms with van der Waals surface area (Å²) in [4.78, 5) is 11.4. The minimum absolute atomic E-state index is 0.00812. The number of nitrogens with one attached hydrogen (secondary N) is 1. The lowest BCUT2D eigenvalue weighted by Gasteiger charge is -2.14. The number of methoxy groups -OCH3 is 1. The van der Waals surface area contributed by atoms with Gasteiger partial charge in [0.2, 0.25) is 0 Å². The number of nitrogens with two attached hydrogens (primary N) is 1. The van der Waals surface area contributed by atoms with E-state index in [0.717, 1.165) is 0 Å². The number of aromatic hydroxyl groups is 1. The van der Waals surface area contributed by atoms with E-state index in [9.17, 15) is 9.90 Å². The summed E-state index contributed by atoms with van der Waals surface area (Å²) in [6, 6.07) is 3.95. The molecule has 0 aliphatic rings. The van der Waals surface area contributed by atoms with Gasteiger partial charge in [0.15, 0.2) is 0 Å². The van der Waals surface area contributed by atoms with Gasteiger partial charge in [0.05, 0.1) is 12.7 Å². The molecule has 0 aliphatic carbocycles. The van der Waals surface area contributed by atoms with Crippen molar-refractivity contribution in [1.82, 2.24) is 5.32 Å². The monoisotopic (exact) mass is 254 g/mol. The van der Waals surface area contributed by atoms with Gasteiger partial charge in [-0.25, -0.2) is 4.79 Å². The number of rotatable bonds is 3. The molecule has 0 bridgehead atoms. The number of phenolic OH excluding ortho intramolecular Hbond substituents is 1. The van der Waals surface area contributed by atoms with Crippen molar-refractivity contribution in [1.29, 1.82) is 0 Å². The molecule has 0 amide bonds. The Bertz CT molecular complexity index is 448. The van der Waals surface area contributed by atoms with Crippen LogP contribution in [0.3, 0.4) is 0 Å². The van der Waals surface area contributed by atoms with Gasteiger partial charge in [0.25, 0.3) is 0 Å². The second kappa shape index (κ2) is 5.49. The standard InChI is InChI=1S/C11H14N2O3S/c1-6(11(15)16-2)13-10(17)8-5-7(12)3-4-9(8)14/h3-6,14H,12H2,1-2H3,(H,13,17)/t6-/m0/s1. The van der Waals surface area contributed by atoms with Crippen LogP contribution < -0.4 is 11.1 Å². The number of carbonyl (C=O) groups excluding carboxylic acids is 1. The third kappa shape index (κ3) is 3.32. The van der Waals surface area contributed by atoms with Gasteiger partial charge in [-0.3, -0.25) is 0 Å². The summed E-state index contributed by atoms with van der Waals surface area (Å²) in [6.45, 7) is 1.61. The van der Waals surface area contributed by atoms with E-state index in [1.54, 1.807) is 13.0 Å². The van der Waals surface area contributed by atoms with E-state index in [2.05, 4.69) is 10.1 Å². The molecule has 0 heterocycles. The first kappa shape index (κ1) is 13.2. The molecule has 0 spiro atoms. The zero-order valence-electron chi connectivity index (χ0n) is 9.56. The smallest absolute Gasteiger partial charge is 0.328 e. The predicted octanol–water partition coefficient (Wildman–Crippen LogP) is 0.801. The molecule has 92 valence electrons. The lowest BCUT2D eigenvalue weighted by Crippen LogP contribution is -2.38. The number of carbonyl (C=O) groups is 1. The largest absolute Gasteiger partial charge is 0.507 e. The molecule has 1 aromatic rings. The number of hydrogen-bond acceptors (Lipinski definition) is 5. The van der Waals surface area contributed by atoms with Crippen molar-refractivity contribution in [2.24, 2.45) is 0 Å². The molecule has 0 saturated carbocycles. The SMILES string of the molecule is COC(=O)[C@H](C)NC(=S)c1cc(N)ccc1O. The highest BCUT2D eigenvalue weighted by Gasteiger charge is 2.16. The van der Waals surface area contributed by atoms with Gasteiger partial charge in [-0.05, 0) is 25.1 Å². The summed E-state index contributed by atoms with van der Waals surface area (Å²) in [7, 11) is 1.29. The Kier molecular flexibility index (Phi) is 4.28. The molecule has 1 aromatic carbocycles. The first-order chi connectivity index (χ1) is 7.95. The fourth-order valence-corrected chi connectivity index (χ4v) is 1.59. The third-order valence-electron chi connectivity index (χ3n) is 2.17. The number of thiocarbonyl (C=S) groups is 1. The van der Waals surface area contributed by atoms with Crippen molar-refractivity contribution in [2.75, 3.05) is 12.8 Å². The second-order valence-corrected chi connectivity index (χ2v) is 3.90. The van der Waals surface area contributed by atoms with Crippen LogP contribution in [0.25, 0.3) is 0 Å². The molecule has 0 aromatic heterocycles. The van der Waals surface area contributed by atoms with E-state index in [1.165, 1.54) is 19.2 Å². The first-order valence-electron chi connectivity index (χ1n) is 4.93. The van der Waals surface area contributed by atoms with Crippen LogP contribution in [0.5, 0.6) is 5.75 Å². The highest BCUT2D eigenvalue weighted by Crippen LogP contribution is 2.20. The molecule has 0 fully saturated rings. The minimum Gasteiger partial charge on any atom is -0.507 e. The van der Waals surface area contributed by atoms with Crippen LogP contribution in [0.4, 0.5) is 5.69 Å². The van der Waals surface area contributed by atoms with Crippen molar-refractivity contribution >= 4 is 28.9 Å². The fraction of sp³-hybridized carbons (Fsp3) is 0.273. The molecule has 0 unspecified atom stereocenters. The molecule has 6 heteroatoms. The van der Waals surface area contributed by atoms with Gasteiger partial charge in [-0.2, -0.15) is 0 Å². The normalized spacial score (nSPS) is 11.6. The van der Waals surface area contributed by atoms with E-state index < -0.39 is 12.0 Å². The Hall–Kier alpha value is -1.82. The summed E-state index contributed by atoms with van der Waals surface area (Å²) in [5.74, 6) is -0.426. The van der Waals surface area contributed by atoms with E-state index in [1.807, 2.05) is 0 Å². The van der Waals surface area contributed by atoms with E-state index >= 15 is 0 Å². The van der Waals surface area contributed by atoms with Crippen molar-refractivity contribution in [3.05, 3.63) is 23.8 Å². The van der Waals surface area contributed by atoms with Crippen LogP contribution in [0, 0.1) is 0 Å². The minimum atomic E-state index is -0.590. The summed E-state index contributed by atoms with van der Waals surface area (Å²) in [5.41, 5.74) is 6.46. The highest BCUT2D eigenvalue weighted by molar-refractivity contribution is 7.80. The number of phenols is 1. The zero-order valence-corrected chi connectivity index (χ0v) is 10.4. The molecule has 1 atom stereocenters. The Labute approximate surface area is 105 Å². The predicted molar refractivity (Wildman–Crippen MR) is 68.8 cm³/mol. The van der Waals surface area contributed by atoms with Crippen molar-refractivity contribution < 1.29 is 14.6 Å². The van der Waals surface area contributed by atoms with Gasteiger partial charge in [0.1, 0.15) is 16.8 Å². The maximum absolute atomic E-state index is 11.2. The summed E-state index contributed by atoms with van der Waals surface area (Å²) < 4.78 is 4.55. The number of nitrogen functional groups attached to an aromatic ring is 1. The summed E-state index contributed by atoms with van der Waals surface area (Å²) in [6.07, 6.45) is 0. The van der Waals surface area contributed by atoms with Gasteiger partial charge >= 0.3 is 5.97 Å². The molecular formula is C11H14N2O3S. The third-order valence-corrected chi connectivity index (χ3v) is 2.51. The summed E-state index contributed by atoms with van der Waals surface area (Å²) >= 11 is 5.08. The van der Waals surface area contributed by atoms with E-state index in [-0.39, 0.29) is 10.7 Å².